The van der Waals surface area contributed by atoms with Gasteiger partial charge in [-0.3, -0.25) is 0 Å². The van der Waals surface area contributed by atoms with Crippen LogP contribution in [-0.4, -0.2) is 25.9 Å². The molecule has 0 amide bonds. The minimum Gasteiger partial charge on any atom is -0.494 e. The monoisotopic (exact) mass is 207 g/mol. The van der Waals surface area contributed by atoms with Crippen molar-refractivity contribution in [3.8, 4) is 5.75 Å². The molecule has 0 radical (unpaired) electrons. The lowest BCUT2D eigenvalue weighted by atomic mass is 10.2. The van der Waals surface area contributed by atoms with Gasteiger partial charge in [0.25, 0.3) is 0 Å². The average Bonchev–Trinajstić information content (AvgIpc) is 2.16. The van der Waals surface area contributed by atoms with Gasteiger partial charge < -0.3 is 14.8 Å². The molecule has 3 nitrogen and oxygen atoms in total. The van der Waals surface area contributed by atoms with Crippen molar-refractivity contribution in [1.29, 1.82) is 0 Å². The summed E-state index contributed by atoms with van der Waals surface area (Å²) >= 11 is 0. The molecule has 0 bridgehead atoms. The highest BCUT2D eigenvalue weighted by molar-refractivity contribution is 5.28. The van der Waals surface area contributed by atoms with Gasteiger partial charge in [-0.15, -0.1) is 0 Å². The predicted octanol–water partition coefficient (Wildman–Crippen LogP) is 1.57. The molecule has 0 aromatic heterocycles. The summed E-state index contributed by atoms with van der Waals surface area (Å²) in [6, 6.07) is 8.73. The van der Waals surface area contributed by atoms with Gasteiger partial charge in [0.2, 0.25) is 0 Å². The van der Waals surface area contributed by atoms with Gasteiger partial charge in [-0.1, -0.05) is 12.1 Å². The normalized spacial score (nSPS) is 16.1. The maximum absolute atomic E-state index is 5.44. The van der Waals surface area contributed by atoms with Gasteiger partial charge in [0, 0.05) is 6.54 Å². The zero-order chi connectivity index (χ0) is 10.5. The van der Waals surface area contributed by atoms with Crippen LogP contribution in [0.15, 0.2) is 24.3 Å². The summed E-state index contributed by atoms with van der Waals surface area (Å²) in [5.41, 5.74) is 1.26. The molecule has 1 N–H and O–H groups in total. The Balaban J connectivity index is 1.86. The molecule has 0 saturated carbocycles. The number of hydrogen-bond acceptors (Lipinski definition) is 3. The molecular formula is C12H17NO2. The van der Waals surface area contributed by atoms with Gasteiger partial charge in [-0.25, -0.2) is 0 Å². The molecule has 2 rings (SSSR count). The Morgan fingerprint density at radius 1 is 1.47 bits per heavy atom. The second-order valence-corrected chi connectivity index (χ2v) is 3.70. The van der Waals surface area contributed by atoms with Crippen LogP contribution in [0.2, 0.25) is 0 Å². The van der Waals surface area contributed by atoms with Crippen molar-refractivity contribution >= 4 is 0 Å². The van der Waals surface area contributed by atoms with Crippen molar-refractivity contribution in [2.24, 2.45) is 0 Å². The Morgan fingerprint density at radius 3 is 3.00 bits per heavy atom. The molecule has 1 aliphatic rings. The van der Waals surface area contributed by atoms with Crippen LogP contribution in [0, 0.1) is 0 Å². The Kier molecular flexibility index (Phi) is 3.59. The van der Waals surface area contributed by atoms with E-state index in [9.17, 15) is 0 Å². The van der Waals surface area contributed by atoms with E-state index in [4.69, 9.17) is 9.47 Å². The molecule has 1 aliphatic heterocycles. The van der Waals surface area contributed by atoms with Gasteiger partial charge in [0.1, 0.15) is 5.75 Å². The first kappa shape index (κ1) is 10.5. The first-order valence-electron chi connectivity index (χ1n) is 5.41. The summed E-state index contributed by atoms with van der Waals surface area (Å²) in [7, 11) is 0. The van der Waals surface area contributed by atoms with E-state index in [1.54, 1.807) is 0 Å². The van der Waals surface area contributed by atoms with Gasteiger partial charge >= 0.3 is 0 Å². The van der Waals surface area contributed by atoms with Gasteiger partial charge in [0.15, 0.2) is 0 Å². The standard InChI is InChI=1S/C12H17NO2/c1-2-15-12-5-3-4-10(6-12)7-13-11-8-14-9-11/h3-6,11,13H,2,7-9H2,1H3. The minimum absolute atomic E-state index is 0.528. The van der Waals surface area contributed by atoms with E-state index >= 15 is 0 Å². The van der Waals surface area contributed by atoms with E-state index in [1.165, 1.54) is 5.56 Å². The molecule has 82 valence electrons. The van der Waals surface area contributed by atoms with E-state index in [2.05, 4.69) is 17.4 Å². The molecule has 1 aromatic rings. The fourth-order valence-electron chi connectivity index (χ4n) is 1.53. The Hall–Kier alpha value is -1.06. The van der Waals surface area contributed by atoms with E-state index in [1.807, 2.05) is 19.1 Å². The first-order valence-corrected chi connectivity index (χ1v) is 5.41. The van der Waals surface area contributed by atoms with Crippen LogP contribution in [0.1, 0.15) is 12.5 Å². The lowest BCUT2D eigenvalue weighted by Crippen LogP contribution is -2.45. The fourth-order valence-corrected chi connectivity index (χ4v) is 1.53. The highest BCUT2D eigenvalue weighted by Crippen LogP contribution is 2.13. The predicted molar refractivity (Wildman–Crippen MR) is 59.1 cm³/mol. The summed E-state index contributed by atoms with van der Waals surface area (Å²) in [5.74, 6) is 0.946. The maximum atomic E-state index is 5.44. The highest BCUT2D eigenvalue weighted by atomic mass is 16.5. The summed E-state index contributed by atoms with van der Waals surface area (Å²) < 4.78 is 10.5. The minimum atomic E-state index is 0.528. The van der Waals surface area contributed by atoms with Crippen molar-refractivity contribution in [3.63, 3.8) is 0 Å². The zero-order valence-electron chi connectivity index (χ0n) is 9.03. The van der Waals surface area contributed by atoms with Crippen LogP contribution in [0.5, 0.6) is 5.75 Å². The lowest BCUT2D eigenvalue weighted by molar-refractivity contribution is -0.00578. The first-order chi connectivity index (χ1) is 7.38. The van der Waals surface area contributed by atoms with Gasteiger partial charge in [-0.2, -0.15) is 0 Å². The van der Waals surface area contributed by atoms with Crippen LogP contribution >= 0.6 is 0 Å². The number of nitrogens with one attached hydrogen (secondary N) is 1. The summed E-state index contributed by atoms with van der Waals surface area (Å²) in [6.07, 6.45) is 0. The third kappa shape index (κ3) is 2.94. The zero-order valence-corrected chi connectivity index (χ0v) is 9.03. The van der Waals surface area contributed by atoms with Gasteiger partial charge in [-0.05, 0) is 24.6 Å². The second-order valence-electron chi connectivity index (χ2n) is 3.70. The maximum Gasteiger partial charge on any atom is 0.119 e. The molecule has 0 atom stereocenters. The van der Waals surface area contributed by atoms with Crippen LogP contribution in [0.25, 0.3) is 0 Å². The average molecular weight is 207 g/mol. The second kappa shape index (κ2) is 5.14. The molecule has 1 aromatic carbocycles. The smallest absolute Gasteiger partial charge is 0.119 e. The largest absolute Gasteiger partial charge is 0.494 e. The van der Waals surface area contributed by atoms with E-state index in [0.717, 1.165) is 25.5 Å². The molecule has 3 heteroatoms. The number of ether oxygens (including phenoxy) is 2. The topological polar surface area (TPSA) is 30.5 Å². The fraction of sp³-hybridized carbons (Fsp3) is 0.500. The number of hydrogen-bond donors (Lipinski definition) is 1. The van der Waals surface area contributed by atoms with Crippen molar-refractivity contribution in [1.82, 2.24) is 5.32 Å². The Morgan fingerprint density at radius 2 is 2.33 bits per heavy atom. The molecule has 0 unspecified atom stereocenters. The molecular weight excluding hydrogens is 190 g/mol. The Bertz CT molecular complexity index is 310. The highest BCUT2D eigenvalue weighted by Gasteiger charge is 2.16. The van der Waals surface area contributed by atoms with Crippen molar-refractivity contribution < 1.29 is 9.47 Å². The molecule has 1 saturated heterocycles. The van der Waals surface area contributed by atoms with Crippen LogP contribution in [0.4, 0.5) is 0 Å². The van der Waals surface area contributed by atoms with Crippen LogP contribution < -0.4 is 10.1 Å². The quantitative estimate of drug-likeness (QED) is 0.795. The molecule has 0 aliphatic carbocycles. The third-order valence-corrected chi connectivity index (χ3v) is 2.44. The summed E-state index contributed by atoms with van der Waals surface area (Å²) in [4.78, 5) is 0. The molecule has 1 heterocycles. The van der Waals surface area contributed by atoms with Crippen LogP contribution in [0.3, 0.4) is 0 Å². The Labute approximate surface area is 90.4 Å². The van der Waals surface area contributed by atoms with Crippen LogP contribution in [-0.2, 0) is 11.3 Å². The van der Waals surface area contributed by atoms with Crippen molar-refractivity contribution in [2.45, 2.75) is 19.5 Å². The molecule has 0 spiro atoms. The van der Waals surface area contributed by atoms with E-state index in [-0.39, 0.29) is 0 Å². The number of benzene rings is 1. The summed E-state index contributed by atoms with van der Waals surface area (Å²) in [6.45, 7) is 5.27. The third-order valence-electron chi connectivity index (χ3n) is 2.44. The molecule has 15 heavy (non-hydrogen) atoms. The molecule has 1 fully saturated rings. The summed E-state index contributed by atoms with van der Waals surface area (Å²) in [5, 5.41) is 3.42. The van der Waals surface area contributed by atoms with Crippen molar-refractivity contribution in [2.75, 3.05) is 19.8 Å². The van der Waals surface area contributed by atoms with Gasteiger partial charge in [0.05, 0.1) is 25.9 Å². The van der Waals surface area contributed by atoms with E-state index < -0.39 is 0 Å². The van der Waals surface area contributed by atoms with Crippen molar-refractivity contribution in [3.05, 3.63) is 29.8 Å². The SMILES string of the molecule is CCOc1cccc(CNC2COC2)c1. The van der Waals surface area contributed by atoms with E-state index in [0.29, 0.717) is 12.6 Å². The lowest BCUT2D eigenvalue weighted by Gasteiger charge is -2.27. The number of rotatable bonds is 5.